The Balaban J connectivity index is 1.71. The molecule has 2 fully saturated rings. The smallest absolute Gasteiger partial charge is 0.276 e. The van der Waals surface area contributed by atoms with Gasteiger partial charge in [0, 0.05) is 38.1 Å². The van der Waals surface area contributed by atoms with Crippen molar-refractivity contribution in [2.45, 2.75) is 38.5 Å². The molecule has 2 aliphatic rings. The van der Waals surface area contributed by atoms with Crippen LogP contribution >= 0.6 is 0 Å². The van der Waals surface area contributed by atoms with E-state index in [9.17, 15) is 13.2 Å². The lowest BCUT2D eigenvalue weighted by Crippen LogP contribution is -2.30. The highest BCUT2D eigenvalue weighted by Gasteiger charge is 2.38. The number of sulfonamides is 1. The molecule has 0 saturated carbocycles. The van der Waals surface area contributed by atoms with Crippen LogP contribution in [0.1, 0.15) is 50.2 Å². The highest BCUT2D eigenvalue weighted by molar-refractivity contribution is 7.89. The number of fused-ring (bicyclic) bond motifs is 1. The maximum Gasteiger partial charge on any atom is 0.276 e. The van der Waals surface area contributed by atoms with Gasteiger partial charge in [-0.25, -0.2) is 22.2 Å². The van der Waals surface area contributed by atoms with E-state index in [1.807, 2.05) is 6.92 Å². The fourth-order valence-corrected chi connectivity index (χ4v) is 5.24. The molecular weight excluding hydrogens is 370 g/mol. The summed E-state index contributed by atoms with van der Waals surface area (Å²) in [5.41, 5.74) is 0.179. The summed E-state index contributed by atoms with van der Waals surface area (Å²) in [6, 6.07) is 0. The van der Waals surface area contributed by atoms with Gasteiger partial charge in [0.2, 0.25) is 10.0 Å². The predicted octanol–water partition coefficient (Wildman–Crippen LogP) is 0.697. The Kier molecular flexibility index (Phi) is 4.81. The van der Waals surface area contributed by atoms with Gasteiger partial charge in [-0.3, -0.25) is 4.79 Å². The molecule has 2 aliphatic heterocycles. The summed E-state index contributed by atoms with van der Waals surface area (Å²) in [7, 11) is -3.26. The second-order valence-electron chi connectivity index (χ2n) is 7.44. The Morgan fingerprint density at radius 2 is 2.04 bits per heavy atom. The van der Waals surface area contributed by atoms with Crippen molar-refractivity contribution in [2.75, 3.05) is 32.1 Å². The lowest BCUT2D eigenvalue weighted by Gasteiger charge is -2.21. The van der Waals surface area contributed by atoms with E-state index in [2.05, 4.69) is 15.1 Å². The van der Waals surface area contributed by atoms with Crippen LogP contribution in [0, 0.1) is 5.92 Å². The number of H-pyrrole nitrogens is 1. The van der Waals surface area contributed by atoms with Crippen LogP contribution in [0.25, 0.3) is 5.52 Å². The minimum atomic E-state index is -3.26. The maximum atomic E-state index is 12.6. The first-order chi connectivity index (χ1) is 12.9. The largest absolute Gasteiger partial charge is 0.381 e. The highest BCUT2D eigenvalue weighted by Crippen LogP contribution is 2.32. The van der Waals surface area contributed by atoms with Crippen molar-refractivity contribution in [1.29, 1.82) is 0 Å². The minimum Gasteiger partial charge on any atom is -0.381 e. The SMILES string of the molecule is CCS(=O)(=O)N1CC(C)C(c2nn3c(C4CCOCC4)ncc3c(=O)[nH]2)C1. The van der Waals surface area contributed by atoms with E-state index in [1.54, 1.807) is 17.6 Å². The van der Waals surface area contributed by atoms with E-state index in [0.29, 0.717) is 37.6 Å². The van der Waals surface area contributed by atoms with Gasteiger partial charge in [0.25, 0.3) is 5.56 Å². The number of hydrogen-bond donors (Lipinski definition) is 1. The third kappa shape index (κ3) is 3.30. The summed E-state index contributed by atoms with van der Waals surface area (Å²) in [6.07, 6.45) is 3.27. The third-order valence-electron chi connectivity index (χ3n) is 5.72. The Morgan fingerprint density at radius 3 is 2.74 bits per heavy atom. The first-order valence-electron chi connectivity index (χ1n) is 9.44. The maximum absolute atomic E-state index is 12.6. The highest BCUT2D eigenvalue weighted by atomic mass is 32.2. The van der Waals surface area contributed by atoms with Gasteiger partial charge in [0.05, 0.1) is 11.9 Å². The Labute approximate surface area is 157 Å². The standard InChI is InChI=1S/C17H25N5O4S/c1-3-27(24,25)21-9-11(2)13(10-21)15-19-17(23)14-8-18-16(22(14)20-15)12-4-6-26-7-5-12/h8,11-13H,3-7,9-10H2,1-2H3,(H,19,20,23). The minimum absolute atomic E-state index is 0.0713. The first-order valence-corrected chi connectivity index (χ1v) is 11.0. The van der Waals surface area contributed by atoms with Crippen molar-refractivity contribution in [2.24, 2.45) is 5.92 Å². The molecule has 10 heteroatoms. The van der Waals surface area contributed by atoms with Crippen molar-refractivity contribution in [3.05, 3.63) is 28.2 Å². The number of imidazole rings is 1. The van der Waals surface area contributed by atoms with E-state index < -0.39 is 10.0 Å². The van der Waals surface area contributed by atoms with Crippen molar-refractivity contribution < 1.29 is 13.2 Å². The molecule has 2 aromatic heterocycles. The van der Waals surface area contributed by atoms with Crippen LogP contribution in [0.4, 0.5) is 0 Å². The lowest BCUT2D eigenvalue weighted by molar-refractivity contribution is 0.0832. The summed E-state index contributed by atoms with van der Waals surface area (Å²) in [5, 5.41) is 4.68. The average Bonchev–Trinajstić information content (AvgIpc) is 3.27. The fourth-order valence-electron chi connectivity index (χ4n) is 4.02. The second-order valence-corrected chi connectivity index (χ2v) is 9.70. The summed E-state index contributed by atoms with van der Waals surface area (Å²) >= 11 is 0. The average molecular weight is 395 g/mol. The lowest BCUT2D eigenvalue weighted by atomic mass is 9.97. The van der Waals surface area contributed by atoms with Crippen LogP contribution in [0.5, 0.6) is 0 Å². The molecule has 0 aliphatic carbocycles. The monoisotopic (exact) mass is 395 g/mol. The van der Waals surface area contributed by atoms with Gasteiger partial charge in [0.1, 0.15) is 11.6 Å². The summed E-state index contributed by atoms with van der Waals surface area (Å²) in [4.78, 5) is 19.9. The van der Waals surface area contributed by atoms with Crippen molar-refractivity contribution in [3.8, 4) is 0 Å². The van der Waals surface area contributed by atoms with E-state index in [-0.39, 0.29) is 29.1 Å². The van der Waals surface area contributed by atoms with Crippen LogP contribution < -0.4 is 5.56 Å². The molecule has 0 radical (unpaired) electrons. The van der Waals surface area contributed by atoms with Crippen LogP contribution in [-0.2, 0) is 14.8 Å². The summed E-state index contributed by atoms with van der Waals surface area (Å²) < 4.78 is 33.0. The molecule has 0 bridgehead atoms. The number of aromatic amines is 1. The number of rotatable bonds is 4. The molecule has 27 heavy (non-hydrogen) atoms. The summed E-state index contributed by atoms with van der Waals surface area (Å²) in [6.45, 7) is 5.78. The molecule has 0 aromatic carbocycles. The molecule has 4 heterocycles. The number of nitrogens with one attached hydrogen (secondary N) is 1. The molecule has 4 rings (SSSR count). The van der Waals surface area contributed by atoms with E-state index >= 15 is 0 Å². The Hall–Kier alpha value is -1.78. The van der Waals surface area contributed by atoms with Gasteiger partial charge >= 0.3 is 0 Å². The van der Waals surface area contributed by atoms with Crippen LogP contribution in [0.15, 0.2) is 11.0 Å². The molecule has 0 spiro atoms. The normalized spacial score (nSPS) is 25.4. The molecule has 2 saturated heterocycles. The fraction of sp³-hybridized carbons (Fsp3) is 0.706. The first kappa shape index (κ1) is 18.6. The zero-order valence-corrected chi connectivity index (χ0v) is 16.4. The van der Waals surface area contributed by atoms with Gasteiger partial charge in [0.15, 0.2) is 5.52 Å². The second kappa shape index (κ2) is 6.99. The number of nitrogens with zero attached hydrogens (tertiary/aromatic N) is 4. The van der Waals surface area contributed by atoms with Gasteiger partial charge in [-0.15, -0.1) is 0 Å². The van der Waals surface area contributed by atoms with Gasteiger partial charge in [-0.1, -0.05) is 6.92 Å². The molecule has 1 N–H and O–H groups in total. The van der Waals surface area contributed by atoms with E-state index in [4.69, 9.17) is 4.74 Å². The zero-order chi connectivity index (χ0) is 19.2. The molecule has 148 valence electrons. The van der Waals surface area contributed by atoms with Crippen LogP contribution in [-0.4, -0.2) is 64.4 Å². The predicted molar refractivity (Wildman–Crippen MR) is 99.3 cm³/mol. The Bertz CT molecular complexity index is 992. The van der Waals surface area contributed by atoms with Gasteiger partial charge < -0.3 is 9.72 Å². The molecule has 0 amide bonds. The molecule has 9 nitrogen and oxygen atoms in total. The zero-order valence-electron chi connectivity index (χ0n) is 15.6. The number of ether oxygens (including phenoxy) is 1. The van der Waals surface area contributed by atoms with Crippen molar-refractivity contribution >= 4 is 15.5 Å². The molecule has 2 aromatic rings. The van der Waals surface area contributed by atoms with Crippen molar-refractivity contribution in [3.63, 3.8) is 0 Å². The molecule has 2 unspecified atom stereocenters. The number of aromatic nitrogens is 4. The van der Waals surface area contributed by atoms with Crippen molar-refractivity contribution in [1.82, 2.24) is 23.9 Å². The van der Waals surface area contributed by atoms with Crippen LogP contribution in [0.2, 0.25) is 0 Å². The van der Waals surface area contributed by atoms with Crippen LogP contribution in [0.3, 0.4) is 0 Å². The molecular formula is C17H25N5O4S. The quantitative estimate of drug-likeness (QED) is 0.816. The summed E-state index contributed by atoms with van der Waals surface area (Å²) in [5.74, 6) is 1.52. The Morgan fingerprint density at radius 1 is 1.30 bits per heavy atom. The third-order valence-corrected chi connectivity index (χ3v) is 7.54. The van der Waals surface area contributed by atoms with E-state index in [0.717, 1.165) is 18.7 Å². The number of hydrogen-bond acceptors (Lipinski definition) is 6. The van der Waals surface area contributed by atoms with Gasteiger partial charge in [-0.2, -0.15) is 5.10 Å². The van der Waals surface area contributed by atoms with E-state index in [1.165, 1.54) is 4.31 Å². The van der Waals surface area contributed by atoms with Gasteiger partial charge in [-0.05, 0) is 25.7 Å². The molecule has 2 atom stereocenters. The topological polar surface area (TPSA) is 110 Å².